The summed E-state index contributed by atoms with van der Waals surface area (Å²) in [6.45, 7) is -0.103. The Balaban J connectivity index is 1.77. The fraction of sp³-hybridized carbons (Fsp3) is 0.263. The van der Waals surface area contributed by atoms with Crippen molar-refractivity contribution in [2.45, 2.75) is 18.9 Å². The fourth-order valence-electron chi connectivity index (χ4n) is 3.21. The largest absolute Gasteiger partial charge is 0.436 e. The molecule has 1 heterocycles. The molecule has 1 unspecified atom stereocenters. The SMILES string of the molecule is C#CCOC(=O)NC1CCc2c1cn(C)c2C(=O)Nc1ccc(F)c(Cl)c1. The highest BCUT2D eigenvalue weighted by Gasteiger charge is 2.31. The number of nitrogens with zero attached hydrogens (tertiary/aromatic N) is 1. The van der Waals surface area contributed by atoms with Gasteiger partial charge in [0.2, 0.25) is 0 Å². The van der Waals surface area contributed by atoms with Gasteiger partial charge in [-0.2, -0.15) is 0 Å². The topological polar surface area (TPSA) is 72.4 Å². The lowest BCUT2D eigenvalue weighted by molar-refractivity contribution is 0.101. The van der Waals surface area contributed by atoms with Crippen LogP contribution in [0.4, 0.5) is 14.9 Å². The van der Waals surface area contributed by atoms with Crippen molar-refractivity contribution in [3.63, 3.8) is 0 Å². The van der Waals surface area contributed by atoms with Gasteiger partial charge >= 0.3 is 6.09 Å². The molecule has 0 fully saturated rings. The lowest BCUT2D eigenvalue weighted by Crippen LogP contribution is -2.27. The van der Waals surface area contributed by atoms with Crippen LogP contribution in [0.15, 0.2) is 24.4 Å². The number of hydrogen-bond acceptors (Lipinski definition) is 3. The Kier molecular flexibility index (Phi) is 5.38. The zero-order valence-corrected chi connectivity index (χ0v) is 15.3. The van der Waals surface area contributed by atoms with Crippen LogP contribution in [0.1, 0.15) is 34.1 Å². The van der Waals surface area contributed by atoms with Crippen molar-refractivity contribution >= 4 is 29.3 Å². The Bertz CT molecular complexity index is 948. The smallest absolute Gasteiger partial charge is 0.408 e. The molecule has 0 saturated heterocycles. The Labute approximate surface area is 160 Å². The molecule has 6 nitrogen and oxygen atoms in total. The van der Waals surface area contributed by atoms with Crippen molar-refractivity contribution in [2.75, 3.05) is 11.9 Å². The number of ether oxygens (including phenoxy) is 1. The number of halogens is 2. The van der Waals surface area contributed by atoms with Crippen molar-refractivity contribution < 1.29 is 18.7 Å². The summed E-state index contributed by atoms with van der Waals surface area (Å²) in [7, 11) is 1.75. The van der Waals surface area contributed by atoms with E-state index in [9.17, 15) is 14.0 Å². The normalized spacial score (nSPS) is 15.0. The van der Waals surface area contributed by atoms with E-state index in [1.807, 2.05) is 0 Å². The minimum atomic E-state index is -0.596. The van der Waals surface area contributed by atoms with Crippen LogP contribution in [0.3, 0.4) is 0 Å². The van der Waals surface area contributed by atoms with Gasteiger partial charge in [-0.15, -0.1) is 6.42 Å². The first-order valence-corrected chi connectivity index (χ1v) is 8.59. The summed E-state index contributed by atoms with van der Waals surface area (Å²) in [5, 5.41) is 5.40. The summed E-state index contributed by atoms with van der Waals surface area (Å²) in [6.07, 6.45) is 7.56. The third-order valence-corrected chi connectivity index (χ3v) is 4.64. The Morgan fingerprint density at radius 2 is 2.26 bits per heavy atom. The first-order chi connectivity index (χ1) is 12.9. The summed E-state index contributed by atoms with van der Waals surface area (Å²) in [5.41, 5.74) is 2.58. The lowest BCUT2D eigenvalue weighted by atomic mass is 10.1. The molecular formula is C19H17ClFN3O3. The van der Waals surface area contributed by atoms with Crippen LogP contribution in [0.2, 0.25) is 5.02 Å². The van der Waals surface area contributed by atoms with E-state index in [0.29, 0.717) is 24.2 Å². The van der Waals surface area contributed by atoms with E-state index in [1.165, 1.54) is 18.2 Å². The Morgan fingerprint density at radius 1 is 1.48 bits per heavy atom. The van der Waals surface area contributed by atoms with Gasteiger partial charge in [-0.25, -0.2) is 9.18 Å². The molecule has 0 saturated carbocycles. The predicted octanol–water partition coefficient (Wildman–Crippen LogP) is 3.42. The molecule has 2 amide bonds. The zero-order chi connectivity index (χ0) is 19.6. The molecule has 1 aromatic carbocycles. The van der Waals surface area contributed by atoms with Crippen LogP contribution in [0.25, 0.3) is 0 Å². The maximum atomic E-state index is 13.3. The minimum absolute atomic E-state index is 0.0698. The minimum Gasteiger partial charge on any atom is -0.436 e. The number of rotatable bonds is 4. The van der Waals surface area contributed by atoms with Crippen LogP contribution in [-0.2, 0) is 18.2 Å². The van der Waals surface area contributed by atoms with E-state index in [2.05, 4.69) is 16.6 Å². The molecule has 2 N–H and O–H groups in total. The molecule has 140 valence electrons. The average Bonchev–Trinajstić information content (AvgIpc) is 3.14. The standard InChI is InChI=1S/C19H17ClFN3O3/c1-3-8-27-19(26)23-16-7-5-12-13(16)10-24(2)17(12)18(25)22-11-4-6-15(21)14(20)9-11/h1,4,6,9-10,16H,5,7-8H2,2H3,(H,22,25)(H,23,26). The molecule has 2 aromatic rings. The number of amides is 2. The maximum absolute atomic E-state index is 13.3. The predicted molar refractivity (Wildman–Crippen MR) is 99.2 cm³/mol. The number of alkyl carbamates (subject to hydrolysis) is 1. The average molecular weight is 390 g/mol. The van der Waals surface area contributed by atoms with Crippen LogP contribution in [-0.4, -0.2) is 23.2 Å². The highest BCUT2D eigenvalue weighted by molar-refractivity contribution is 6.31. The van der Waals surface area contributed by atoms with Gasteiger partial charge in [-0.05, 0) is 42.2 Å². The van der Waals surface area contributed by atoms with E-state index in [-0.39, 0.29) is 23.6 Å². The van der Waals surface area contributed by atoms with Crippen LogP contribution in [0.5, 0.6) is 0 Å². The van der Waals surface area contributed by atoms with Crippen LogP contribution < -0.4 is 10.6 Å². The van der Waals surface area contributed by atoms with E-state index in [0.717, 1.165) is 11.1 Å². The van der Waals surface area contributed by atoms with E-state index < -0.39 is 11.9 Å². The van der Waals surface area contributed by atoms with Gasteiger partial charge < -0.3 is 19.9 Å². The van der Waals surface area contributed by atoms with Crippen molar-refractivity contribution in [3.8, 4) is 12.3 Å². The van der Waals surface area contributed by atoms with E-state index >= 15 is 0 Å². The number of carbonyl (C=O) groups excluding carboxylic acids is 2. The molecular weight excluding hydrogens is 373 g/mol. The number of aromatic nitrogens is 1. The third-order valence-electron chi connectivity index (χ3n) is 4.35. The fourth-order valence-corrected chi connectivity index (χ4v) is 3.39. The van der Waals surface area contributed by atoms with Crippen molar-refractivity contribution in [1.82, 2.24) is 9.88 Å². The molecule has 0 aliphatic heterocycles. The van der Waals surface area contributed by atoms with Gasteiger partial charge in [0, 0.05) is 18.9 Å². The van der Waals surface area contributed by atoms with Gasteiger partial charge in [0.15, 0.2) is 6.61 Å². The Morgan fingerprint density at radius 3 is 2.96 bits per heavy atom. The molecule has 1 aliphatic rings. The van der Waals surface area contributed by atoms with Crippen molar-refractivity contribution in [1.29, 1.82) is 0 Å². The molecule has 0 bridgehead atoms. The number of carbonyl (C=O) groups is 2. The highest BCUT2D eigenvalue weighted by atomic mass is 35.5. The van der Waals surface area contributed by atoms with Crippen LogP contribution in [0, 0.1) is 18.2 Å². The zero-order valence-electron chi connectivity index (χ0n) is 14.5. The maximum Gasteiger partial charge on any atom is 0.408 e. The second-order valence-electron chi connectivity index (χ2n) is 6.12. The number of anilines is 1. The summed E-state index contributed by atoms with van der Waals surface area (Å²) in [5.74, 6) is 1.34. The molecule has 27 heavy (non-hydrogen) atoms. The highest BCUT2D eigenvalue weighted by Crippen LogP contribution is 2.35. The van der Waals surface area contributed by atoms with Gasteiger partial charge in [-0.3, -0.25) is 4.79 Å². The van der Waals surface area contributed by atoms with Gasteiger partial charge in [0.05, 0.1) is 11.1 Å². The quantitative estimate of drug-likeness (QED) is 0.787. The molecule has 1 atom stereocenters. The van der Waals surface area contributed by atoms with E-state index in [1.54, 1.807) is 17.8 Å². The number of hydrogen-bond donors (Lipinski definition) is 2. The molecule has 0 spiro atoms. The number of terminal acetylenes is 1. The summed E-state index contributed by atoms with van der Waals surface area (Å²) < 4.78 is 19.8. The number of aryl methyl sites for hydroxylation is 1. The van der Waals surface area contributed by atoms with Crippen LogP contribution >= 0.6 is 11.6 Å². The van der Waals surface area contributed by atoms with Gasteiger partial charge in [0.1, 0.15) is 11.5 Å². The third kappa shape index (κ3) is 3.91. The number of benzene rings is 1. The van der Waals surface area contributed by atoms with Crippen molar-refractivity contribution in [2.24, 2.45) is 7.05 Å². The second-order valence-corrected chi connectivity index (χ2v) is 6.53. The molecule has 8 heteroatoms. The van der Waals surface area contributed by atoms with Gasteiger partial charge in [0.25, 0.3) is 5.91 Å². The lowest BCUT2D eigenvalue weighted by Gasteiger charge is -2.12. The Hall–Kier alpha value is -2.98. The number of nitrogens with one attached hydrogen (secondary N) is 2. The summed E-state index contributed by atoms with van der Waals surface area (Å²) in [4.78, 5) is 24.5. The summed E-state index contributed by atoms with van der Waals surface area (Å²) in [6, 6.07) is 3.73. The van der Waals surface area contributed by atoms with Crippen molar-refractivity contribution in [3.05, 3.63) is 52.1 Å². The first kappa shape index (κ1) is 18.8. The first-order valence-electron chi connectivity index (χ1n) is 8.22. The number of fused-ring (bicyclic) bond motifs is 1. The summed E-state index contributed by atoms with van der Waals surface area (Å²) >= 11 is 5.76. The van der Waals surface area contributed by atoms with E-state index in [4.69, 9.17) is 22.8 Å². The second kappa shape index (κ2) is 7.72. The molecule has 1 aromatic heterocycles. The monoisotopic (exact) mass is 389 g/mol. The van der Waals surface area contributed by atoms with Gasteiger partial charge in [-0.1, -0.05) is 17.5 Å². The molecule has 3 rings (SSSR count). The molecule has 0 radical (unpaired) electrons. The molecule has 1 aliphatic carbocycles.